The lowest BCUT2D eigenvalue weighted by Gasteiger charge is -2.15. The molecule has 0 saturated heterocycles. The van der Waals surface area contributed by atoms with Gasteiger partial charge in [0.2, 0.25) is 0 Å². The minimum atomic E-state index is -4.79. The summed E-state index contributed by atoms with van der Waals surface area (Å²) in [6.45, 7) is 1.54. The average Bonchev–Trinajstić information content (AvgIpc) is 2.85. The third-order valence-electron chi connectivity index (χ3n) is 2.51. The van der Waals surface area contributed by atoms with Gasteiger partial charge in [-0.05, 0) is 19.1 Å². The first-order valence-electron chi connectivity index (χ1n) is 5.69. The Morgan fingerprint density at radius 3 is 2.57 bits per heavy atom. The molecule has 0 atom stereocenters. The molecule has 5 nitrogen and oxygen atoms in total. The lowest BCUT2D eigenvalue weighted by atomic mass is 10.1. The molecule has 21 heavy (non-hydrogen) atoms. The molecular formula is C12H9F4N3O2. The molecule has 1 N–H and O–H groups in total. The predicted octanol–water partition coefficient (Wildman–Crippen LogP) is 2.88. The fourth-order valence-corrected chi connectivity index (χ4v) is 1.49. The molecule has 0 fully saturated rings. The van der Waals surface area contributed by atoms with E-state index < -0.39 is 18.3 Å². The van der Waals surface area contributed by atoms with Crippen molar-refractivity contribution in [3.05, 3.63) is 30.1 Å². The summed E-state index contributed by atoms with van der Waals surface area (Å²) in [4.78, 5) is 15.1. The van der Waals surface area contributed by atoms with Crippen molar-refractivity contribution in [1.29, 1.82) is 0 Å². The Bertz CT molecular complexity index is 657. The van der Waals surface area contributed by atoms with E-state index in [1.165, 1.54) is 24.3 Å². The monoisotopic (exact) mass is 303 g/mol. The van der Waals surface area contributed by atoms with Crippen molar-refractivity contribution in [2.75, 3.05) is 5.32 Å². The first-order chi connectivity index (χ1) is 9.82. The second kappa shape index (κ2) is 5.51. The van der Waals surface area contributed by atoms with Gasteiger partial charge in [-0.3, -0.25) is 4.79 Å². The topological polar surface area (TPSA) is 68.0 Å². The molecule has 2 aromatic rings. The van der Waals surface area contributed by atoms with Crippen LogP contribution in [0.5, 0.6) is 0 Å². The summed E-state index contributed by atoms with van der Waals surface area (Å²) in [5, 5.41) is 5.27. The molecule has 2 rings (SSSR count). The molecule has 1 aromatic carbocycles. The quantitative estimate of drug-likeness (QED) is 0.882. The summed E-state index contributed by atoms with van der Waals surface area (Å²) < 4.78 is 55.0. The normalized spacial score (nSPS) is 11.7. The first kappa shape index (κ1) is 14.9. The fraction of sp³-hybridized carbons (Fsp3) is 0.250. The van der Waals surface area contributed by atoms with Crippen molar-refractivity contribution in [3.8, 4) is 11.5 Å². The van der Waals surface area contributed by atoms with Crippen LogP contribution in [0.4, 0.5) is 23.2 Å². The van der Waals surface area contributed by atoms with Crippen LogP contribution in [0.2, 0.25) is 0 Å². The van der Waals surface area contributed by atoms with Crippen molar-refractivity contribution in [3.63, 3.8) is 0 Å². The molecule has 9 heteroatoms. The van der Waals surface area contributed by atoms with Gasteiger partial charge in [-0.15, -0.1) is 0 Å². The zero-order chi connectivity index (χ0) is 15.6. The number of hydrogen-bond donors (Lipinski definition) is 1. The number of alkyl halides is 4. The average molecular weight is 303 g/mol. The van der Waals surface area contributed by atoms with E-state index in [2.05, 4.69) is 10.1 Å². The van der Waals surface area contributed by atoms with Gasteiger partial charge in [0.1, 0.15) is 0 Å². The van der Waals surface area contributed by atoms with E-state index >= 15 is 0 Å². The smallest absolute Gasteiger partial charge is 0.334 e. The van der Waals surface area contributed by atoms with Crippen LogP contribution in [-0.2, 0) is 4.79 Å². The molecule has 0 saturated carbocycles. The number of halogens is 4. The Kier molecular flexibility index (Phi) is 3.92. The maximum atomic E-state index is 13.0. The maximum absolute atomic E-state index is 13.0. The fourth-order valence-electron chi connectivity index (χ4n) is 1.49. The third-order valence-corrected chi connectivity index (χ3v) is 2.51. The number of rotatable bonds is 4. The van der Waals surface area contributed by atoms with Crippen molar-refractivity contribution in [1.82, 2.24) is 10.1 Å². The van der Waals surface area contributed by atoms with Crippen LogP contribution >= 0.6 is 0 Å². The van der Waals surface area contributed by atoms with Crippen LogP contribution in [-0.4, -0.2) is 28.4 Å². The number of carbonyl (C=O) groups is 1. The van der Waals surface area contributed by atoms with Crippen LogP contribution < -0.4 is 5.32 Å². The molecule has 1 aromatic heterocycles. The summed E-state index contributed by atoms with van der Waals surface area (Å²) in [6, 6.07) is 5.65. The number of benzene rings is 1. The number of aromatic nitrogens is 2. The second-order valence-corrected chi connectivity index (χ2v) is 4.07. The van der Waals surface area contributed by atoms with E-state index in [1.807, 2.05) is 0 Å². The number of carbonyl (C=O) groups excluding carboxylic acids is 1. The van der Waals surface area contributed by atoms with Gasteiger partial charge in [0.15, 0.2) is 5.82 Å². The molecule has 112 valence electrons. The molecule has 1 heterocycles. The Labute approximate surface area is 116 Å². The van der Waals surface area contributed by atoms with Gasteiger partial charge in [-0.2, -0.15) is 13.8 Å². The standard InChI is InChI=1S/C12H9F4N3O2/c1-6-17-9(21-19-6)7-4-2-3-5-8(7)18-11(20)12(15,16)10(13)14/h2-5,10H,1H3,(H,18,20). The summed E-state index contributed by atoms with van der Waals surface area (Å²) in [5.74, 6) is -6.63. The van der Waals surface area contributed by atoms with Crippen LogP contribution in [0.1, 0.15) is 5.82 Å². The minimum Gasteiger partial charge on any atom is -0.334 e. The number of nitrogens with zero attached hydrogens (tertiary/aromatic N) is 2. The number of amides is 1. The SMILES string of the molecule is Cc1noc(-c2ccccc2NC(=O)C(F)(F)C(F)F)n1. The van der Waals surface area contributed by atoms with Crippen molar-refractivity contribution in [2.24, 2.45) is 0 Å². The number of hydrogen-bond acceptors (Lipinski definition) is 4. The highest BCUT2D eigenvalue weighted by molar-refractivity contribution is 5.99. The third kappa shape index (κ3) is 3.01. The Hall–Kier alpha value is -2.45. The van der Waals surface area contributed by atoms with Crippen molar-refractivity contribution in [2.45, 2.75) is 19.3 Å². The van der Waals surface area contributed by atoms with Crippen LogP contribution in [0, 0.1) is 6.92 Å². The molecular weight excluding hydrogens is 294 g/mol. The molecule has 0 aliphatic rings. The maximum Gasteiger partial charge on any atom is 0.383 e. The van der Waals surface area contributed by atoms with Crippen LogP contribution in [0.3, 0.4) is 0 Å². The molecule has 0 bridgehead atoms. The zero-order valence-electron chi connectivity index (χ0n) is 10.6. The highest BCUT2D eigenvalue weighted by Crippen LogP contribution is 2.29. The zero-order valence-corrected chi connectivity index (χ0v) is 10.6. The van der Waals surface area contributed by atoms with E-state index in [-0.39, 0.29) is 17.1 Å². The van der Waals surface area contributed by atoms with Gasteiger partial charge in [0.05, 0.1) is 11.3 Å². The Morgan fingerprint density at radius 1 is 1.33 bits per heavy atom. The molecule has 0 aliphatic heterocycles. The molecule has 0 aliphatic carbocycles. The number of nitrogens with one attached hydrogen (secondary N) is 1. The highest BCUT2D eigenvalue weighted by atomic mass is 19.3. The van der Waals surface area contributed by atoms with E-state index in [0.717, 1.165) is 0 Å². The van der Waals surface area contributed by atoms with Gasteiger partial charge in [-0.1, -0.05) is 17.3 Å². The molecule has 0 radical (unpaired) electrons. The van der Waals surface area contributed by atoms with E-state index in [1.54, 1.807) is 12.2 Å². The largest absolute Gasteiger partial charge is 0.383 e. The molecule has 0 unspecified atom stereocenters. The number of anilines is 1. The molecule has 0 spiro atoms. The Morgan fingerprint density at radius 2 is 2.00 bits per heavy atom. The summed E-state index contributed by atoms with van der Waals surface area (Å²) >= 11 is 0. The van der Waals surface area contributed by atoms with E-state index in [0.29, 0.717) is 5.82 Å². The van der Waals surface area contributed by atoms with E-state index in [9.17, 15) is 22.4 Å². The minimum absolute atomic E-state index is 0.0243. The first-order valence-corrected chi connectivity index (χ1v) is 5.69. The lowest BCUT2D eigenvalue weighted by molar-refractivity contribution is -0.163. The second-order valence-electron chi connectivity index (χ2n) is 4.07. The van der Waals surface area contributed by atoms with Gasteiger partial charge in [-0.25, -0.2) is 8.78 Å². The summed E-state index contributed by atoms with van der Waals surface area (Å²) in [5.41, 5.74) is 0.0167. The van der Waals surface area contributed by atoms with Crippen LogP contribution in [0.25, 0.3) is 11.5 Å². The predicted molar refractivity (Wildman–Crippen MR) is 64.1 cm³/mol. The number of para-hydroxylation sites is 1. The highest BCUT2D eigenvalue weighted by Gasteiger charge is 2.49. The van der Waals surface area contributed by atoms with Gasteiger partial charge in [0, 0.05) is 0 Å². The van der Waals surface area contributed by atoms with Gasteiger partial charge >= 0.3 is 18.3 Å². The van der Waals surface area contributed by atoms with Gasteiger partial charge in [0.25, 0.3) is 5.89 Å². The lowest BCUT2D eigenvalue weighted by Crippen LogP contribution is -2.41. The van der Waals surface area contributed by atoms with Crippen molar-refractivity contribution < 1.29 is 26.9 Å². The number of aryl methyl sites for hydroxylation is 1. The van der Waals surface area contributed by atoms with Crippen LogP contribution in [0.15, 0.2) is 28.8 Å². The molecule has 1 amide bonds. The Balaban J connectivity index is 2.32. The summed E-state index contributed by atoms with van der Waals surface area (Å²) in [7, 11) is 0. The summed E-state index contributed by atoms with van der Waals surface area (Å²) in [6.07, 6.45) is -4.10. The van der Waals surface area contributed by atoms with Gasteiger partial charge < -0.3 is 9.84 Å². The van der Waals surface area contributed by atoms with E-state index in [4.69, 9.17) is 4.52 Å². The van der Waals surface area contributed by atoms with Crippen molar-refractivity contribution >= 4 is 11.6 Å².